The Morgan fingerprint density at radius 2 is 1.94 bits per heavy atom. The second-order valence-corrected chi connectivity index (χ2v) is 6.53. The third-order valence-corrected chi connectivity index (χ3v) is 5.39. The summed E-state index contributed by atoms with van der Waals surface area (Å²) in [6.45, 7) is 1.91. The summed E-state index contributed by atoms with van der Waals surface area (Å²) in [5.74, 6) is 0.267. The summed E-state index contributed by atoms with van der Waals surface area (Å²) in [5, 5.41) is 9.63. The molecule has 1 atom stereocenters. The van der Waals surface area contributed by atoms with Crippen LogP contribution in [0.25, 0.3) is 0 Å². The molecule has 0 bridgehead atoms. The quantitative estimate of drug-likeness (QED) is 0.892. The van der Waals surface area contributed by atoms with Crippen molar-refractivity contribution in [1.29, 1.82) is 0 Å². The van der Waals surface area contributed by atoms with Crippen LogP contribution in [-0.2, 0) is 10.0 Å². The highest BCUT2D eigenvalue weighted by Gasteiger charge is 2.36. The Balaban J connectivity index is 2.32. The van der Waals surface area contributed by atoms with Gasteiger partial charge >= 0.3 is 0 Å². The number of phenolic OH excluding ortho intramolecular Hbond substituents is 1. The van der Waals surface area contributed by atoms with Gasteiger partial charge in [0.15, 0.2) is 0 Å². The van der Waals surface area contributed by atoms with Gasteiger partial charge in [0.05, 0.1) is 0 Å². The number of rotatable bonds is 4. The first kappa shape index (κ1) is 12.4. The molecule has 0 aromatic heterocycles. The Morgan fingerprint density at radius 3 is 2.47 bits per heavy atom. The predicted molar refractivity (Wildman–Crippen MR) is 65.2 cm³/mol. The molecule has 0 saturated heterocycles. The SMILES string of the molecule is CC(C1CC1)N(C)S(=O)(=O)c1ccccc1O. The average Bonchev–Trinajstić information content (AvgIpc) is 3.11. The van der Waals surface area contributed by atoms with Gasteiger partial charge in [0.1, 0.15) is 10.6 Å². The van der Waals surface area contributed by atoms with E-state index in [1.54, 1.807) is 19.2 Å². The zero-order valence-corrected chi connectivity index (χ0v) is 10.8. The van der Waals surface area contributed by atoms with Gasteiger partial charge in [-0.05, 0) is 37.8 Å². The minimum absolute atomic E-state index is 0.0143. The topological polar surface area (TPSA) is 57.6 Å². The van der Waals surface area contributed by atoms with Crippen molar-refractivity contribution in [2.24, 2.45) is 5.92 Å². The van der Waals surface area contributed by atoms with Crippen LogP contribution in [0, 0.1) is 5.92 Å². The van der Waals surface area contributed by atoms with Crippen LogP contribution in [0.15, 0.2) is 29.2 Å². The summed E-state index contributed by atoms with van der Waals surface area (Å²) in [4.78, 5) is -0.0185. The van der Waals surface area contributed by atoms with E-state index < -0.39 is 10.0 Å². The van der Waals surface area contributed by atoms with E-state index in [1.807, 2.05) is 6.92 Å². The van der Waals surface area contributed by atoms with Gasteiger partial charge in [0.25, 0.3) is 0 Å². The molecule has 1 N–H and O–H groups in total. The number of hydrogen-bond acceptors (Lipinski definition) is 3. The van der Waals surface area contributed by atoms with Gasteiger partial charge < -0.3 is 5.11 Å². The highest BCUT2D eigenvalue weighted by molar-refractivity contribution is 7.89. The van der Waals surface area contributed by atoms with Gasteiger partial charge in [-0.1, -0.05) is 12.1 Å². The molecule has 1 aliphatic carbocycles. The van der Waals surface area contributed by atoms with Crippen molar-refractivity contribution in [2.75, 3.05) is 7.05 Å². The van der Waals surface area contributed by atoms with Crippen molar-refractivity contribution in [1.82, 2.24) is 4.31 Å². The highest BCUT2D eigenvalue weighted by Crippen LogP contribution is 2.37. The smallest absolute Gasteiger partial charge is 0.246 e. The van der Waals surface area contributed by atoms with Crippen LogP contribution in [0.1, 0.15) is 19.8 Å². The summed E-state index contributed by atoms with van der Waals surface area (Å²) in [7, 11) is -2.02. The third-order valence-electron chi connectivity index (χ3n) is 3.40. The van der Waals surface area contributed by atoms with Crippen molar-refractivity contribution in [3.63, 3.8) is 0 Å². The molecular weight excluding hydrogens is 238 g/mol. The molecule has 1 fully saturated rings. The molecule has 5 heteroatoms. The van der Waals surface area contributed by atoms with Crippen LogP contribution in [0.4, 0.5) is 0 Å². The van der Waals surface area contributed by atoms with Gasteiger partial charge in [0.2, 0.25) is 10.0 Å². The molecular formula is C12H17NO3S. The summed E-state index contributed by atoms with van der Waals surface area (Å²) in [6, 6.07) is 6.03. The van der Waals surface area contributed by atoms with Crippen molar-refractivity contribution >= 4 is 10.0 Å². The van der Waals surface area contributed by atoms with Crippen molar-refractivity contribution in [3.8, 4) is 5.75 Å². The predicted octanol–water partition coefficient (Wildman–Crippen LogP) is 1.81. The van der Waals surface area contributed by atoms with E-state index in [1.165, 1.54) is 16.4 Å². The van der Waals surface area contributed by atoms with Crippen molar-refractivity contribution in [2.45, 2.75) is 30.7 Å². The van der Waals surface area contributed by atoms with E-state index in [0.717, 1.165) is 12.8 Å². The van der Waals surface area contributed by atoms with Crippen LogP contribution in [0.2, 0.25) is 0 Å². The Bertz CT molecular complexity index is 508. The molecule has 94 valence electrons. The van der Waals surface area contributed by atoms with Crippen molar-refractivity contribution < 1.29 is 13.5 Å². The molecule has 0 radical (unpaired) electrons. The summed E-state index contributed by atoms with van der Waals surface area (Å²) >= 11 is 0. The van der Waals surface area contributed by atoms with E-state index in [2.05, 4.69) is 0 Å². The molecule has 1 aromatic carbocycles. The van der Waals surface area contributed by atoms with Crippen LogP contribution in [-0.4, -0.2) is 30.9 Å². The van der Waals surface area contributed by atoms with Gasteiger partial charge in [-0.3, -0.25) is 0 Å². The highest BCUT2D eigenvalue weighted by atomic mass is 32.2. The molecule has 0 aliphatic heterocycles. The molecule has 1 aliphatic rings. The number of aromatic hydroxyl groups is 1. The fraction of sp³-hybridized carbons (Fsp3) is 0.500. The minimum atomic E-state index is -3.59. The monoisotopic (exact) mass is 255 g/mol. The van der Waals surface area contributed by atoms with Crippen molar-refractivity contribution in [3.05, 3.63) is 24.3 Å². The Hall–Kier alpha value is -1.07. The fourth-order valence-corrected chi connectivity index (χ4v) is 3.43. The van der Waals surface area contributed by atoms with E-state index >= 15 is 0 Å². The molecule has 0 spiro atoms. The van der Waals surface area contributed by atoms with Gasteiger partial charge in [0, 0.05) is 13.1 Å². The lowest BCUT2D eigenvalue weighted by molar-refractivity contribution is 0.354. The Morgan fingerprint density at radius 1 is 1.35 bits per heavy atom. The molecule has 1 aromatic rings. The minimum Gasteiger partial charge on any atom is -0.507 e. The molecule has 1 unspecified atom stereocenters. The van der Waals surface area contributed by atoms with Gasteiger partial charge in [-0.2, -0.15) is 4.31 Å². The maximum atomic E-state index is 12.3. The van der Waals surface area contributed by atoms with Crippen LogP contribution in [0.5, 0.6) is 5.75 Å². The Labute approximate surface area is 102 Å². The summed E-state index contributed by atoms with van der Waals surface area (Å²) in [5.41, 5.74) is 0. The lowest BCUT2D eigenvalue weighted by Gasteiger charge is -2.24. The molecule has 17 heavy (non-hydrogen) atoms. The Kier molecular flexibility index (Phi) is 3.14. The first-order chi connectivity index (χ1) is 7.94. The maximum Gasteiger partial charge on any atom is 0.246 e. The number of hydrogen-bond donors (Lipinski definition) is 1. The number of sulfonamides is 1. The maximum absolute atomic E-state index is 12.3. The number of phenols is 1. The van der Waals surface area contributed by atoms with Crippen LogP contribution in [0.3, 0.4) is 0 Å². The molecule has 0 amide bonds. The second kappa shape index (κ2) is 4.31. The molecule has 0 heterocycles. The molecule has 1 saturated carbocycles. The lowest BCUT2D eigenvalue weighted by Crippen LogP contribution is -2.36. The second-order valence-electron chi connectivity index (χ2n) is 4.57. The lowest BCUT2D eigenvalue weighted by atomic mass is 10.2. The zero-order chi connectivity index (χ0) is 12.6. The standard InChI is InChI=1S/C12H17NO3S/c1-9(10-7-8-10)13(2)17(15,16)12-6-4-3-5-11(12)14/h3-6,9-10,14H,7-8H2,1-2H3. The normalized spacial score (nSPS) is 18.3. The fourth-order valence-electron chi connectivity index (χ4n) is 1.92. The molecule has 4 nitrogen and oxygen atoms in total. The summed E-state index contributed by atoms with van der Waals surface area (Å²) < 4.78 is 25.9. The zero-order valence-electron chi connectivity index (χ0n) is 10.00. The third kappa shape index (κ3) is 2.30. The van der Waals surface area contributed by atoms with E-state index in [9.17, 15) is 13.5 Å². The van der Waals surface area contributed by atoms with E-state index in [0.29, 0.717) is 5.92 Å². The molecule has 2 rings (SSSR count). The summed E-state index contributed by atoms with van der Waals surface area (Å²) in [6.07, 6.45) is 2.17. The first-order valence-electron chi connectivity index (χ1n) is 5.70. The van der Waals surface area contributed by atoms with Crippen LogP contribution < -0.4 is 0 Å². The average molecular weight is 255 g/mol. The van der Waals surface area contributed by atoms with E-state index in [-0.39, 0.29) is 16.7 Å². The number of nitrogens with zero attached hydrogens (tertiary/aromatic N) is 1. The van der Waals surface area contributed by atoms with Crippen LogP contribution >= 0.6 is 0 Å². The van der Waals surface area contributed by atoms with Gasteiger partial charge in [-0.25, -0.2) is 8.42 Å². The largest absolute Gasteiger partial charge is 0.507 e. The number of para-hydroxylation sites is 1. The first-order valence-corrected chi connectivity index (χ1v) is 7.14. The van der Waals surface area contributed by atoms with Gasteiger partial charge in [-0.15, -0.1) is 0 Å². The number of benzene rings is 1. The van der Waals surface area contributed by atoms with E-state index in [4.69, 9.17) is 0 Å².